The van der Waals surface area contributed by atoms with E-state index in [0.717, 1.165) is 17.1 Å². The van der Waals surface area contributed by atoms with Crippen LogP contribution in [0.1, 0.15) is 0 Å². The Hall–Kier alpha value is -2.76. The summed E-state index contributed by atoms with van der Waals surface area (Å²) in [7, 11) is 7.70. The predicted octanol–water partition coefficient (Wildman–Crippen LogP) is 2.22. The zero-order valence-electron chi connectivity index (χ0n) is 13.1. The first-order valence-corrected chi connectivity index (χ1v) is 7.01. The zero-order valence-corrected chi connectivity index (χ0v) is 13.1. The molecule has 0 aliphatic rings. The van der Waals surface area contributed by atoms with Gasteiger partial charge >= 0.3 is 0 Å². The summed E-state index contributed by atoms with van der Waals surface area (Å²) < 4.78 is 0. The minimum atomic E-state index is 0.599. The summed E-state index contributed by atoms with van der Waals surface area (Å²) in [4.78, 5) is 22.0. The second-order valence-corrected chi connectivity index (χ2v) is 5.43. The minimum Gasteiger partial charge on any atom is -0.361 e. The highest BCUT2D eigenvalue weighted by Gasteiger charge is 2.14. The van der Waals surface area contributed by atoms with Gasteiger partial charge in [0, 0.05) is 33.8 Å². The van der Waals surface area contributed by atoms with Crippen molar-refractivity contribution in [1.29, 1.82) is 0 Å². The molecule has 0 N–H and O–H groups in total. The molecule has 2 heterocycles. The van der Waals surface area contributed by atoms with Crippen LogP contribution in [0.2, 0.25) is 0 Å². The fourth-order valence-electron chi connectivity index (χ4n) is 2.14. The van der Waals surface area contributed by atoms with Crippen molar-refractivity contribution in [3.8, 4) is 11.3 Å². The molecule has 2 aromatic heterocycles. The van der Waals surface area contributed by atoms with Gasteiger partial charge in [-0.2, -0.15) is 9.97 Å². The molecule has 0 aliphatic heterocycles. The maximum atomic E-state index is 4.72. The van der Waals surface area contributed by atoms with Crippen LogP contribution >= 0.6 is 0 Å². The summed E-state index contributed by atoms with van der Waals surface area (Å²) in [6.07, 6.45) is 1.75. The molecule has 0 amide bonds. The van der Waals surface area contributed by atoms with Crippen LogP contribution in [-0.2, 0) is 0 Å². The maximum Gasteiger partial charge on any atom is 0.228 e. The van der Waals surface area contributed by atoms with Crippen LogP contribution in [-0.4, -0.2) is 48.1 Å². The molecule has 0 unspecified atom stereocenters. The van der Waals surface area contributed by atoms with Crippen molar-refractivity contribution in [3.05, 3.63) is 36.5 Å². The Morgan fingerprint density at radius 1 is 0.818 bits per heavy atom. The van der Waals surface area contributed by atoms with Crippen LogP contribution in [0.15, 0.2) is 36.5 Å². The van der Waals surface area contributed by atoms with E-state index in [1.807, 2.05) is 68.3 Å². The summed E-state index contributed by atoms with van der Waals surface area (Å²) >= 11 is 0. The standard InChI is InChI=1S/C16H18N6/c1-21(2)15-13-14(19-16(20-15)22(3)4)17-10-12(18-13)11-8-6-5-7-9-11/h5-10H,1-4H3. The van der Waals surface area contributed by atoms with Gasteiger partial charge in [0.1, 0.15) is 0 Å². The van der Waals surface area contributed by atoms with E-state index in [2.05, 4.69) is 15.0 Å². The summed E-state index contributed by atoms with van der Waals surface area (Å²) in [6, 6.07) is 9.98. The largest absolute Gasteiger partial charge is 0.361 e. The van der Waals surface area contributed by atoms with E-state index in [1.54, 1.807) is 6.20 Å². The summed E-state index contributed by atoms with van der Waals surface area (Å²) in [5.74, 6) is 1.39. The van der Waals surface area contributed by atoms with Gasteiger partial charge in [0.25, 0.3) is 0 Å². The van der Waals surface area contributed by atoms with Crippen LogP contribution in [0.25, 0.3) is 22.4 Å². The molecule has 0 atom stereocenters. The van der Waals surface area contributed by atoms with Gasteiger partial charge < -0.3 is 9.80 Å². The highest BCUT2D eigenvalue weighted by Crippen LogP contribution is 2.25. The molecule has 0 spiro atoms. The van der Waals surface area contributed by atoms with Gasteiger partial charge in [0.05, 0.1) is 11.9 Å². The Balaban J connectivity index is 2.23. The number of nitrogens with zero attached hydrogens (tertiary/aromatic N) is 6. The molecule has 0 saturated heterocycles. The Kier molecular flexibility index (Phi) is 3.58. The number of benzene rings is 1. The van der Waals surface area contributed by atoms with Gasteiger partial charge in [0.2, 0.25) is 5.95 Å². The highest BCUT2D eigenvalue weighted by atomic mass is 15.3. The molecule has 0 radical (unpaired) electrons. The number of fused-ring (bicyclic) bond motifs is 1. The van der Waals surface area contributed by atoms with Crippen molar-refractivity contribution in [3.63, 3.8) is 0 Å². The molecule has 3 rings (SSSR count). The molecular formula is C16H18N6. The number of hydrogen-bond acceptors (Lipinski definition) is 6. The van der Waals surface area contributed by atoms with Crippen LogP contribution < -0.4 is 9.80 Å². The Morgan fingerprint density at radius 2 is 1.55 bits per heavy atom. The third kappa shape index (κ3) is 2.55. The average Bonchev–Trinajstić information content (AvgIpc) is 2.53. The maximum absolute atomic E-state index is 4.72. The predicted molar refractivity (Wildman–Crippen MR) is 89.2 cm³/mol. The number of rotatable bonds is 3. The van der Waals surface area contributed by atoms with Crippen molar-refractivity contribution < 1.29 is 0 Å². The third-order valence-corrected chi connectivity index (χ3v) is 3.27. The molecule has 6 heteroatoms. The molecule has 3 aromatic rings. The smallest absolute Gasteiger partial charge is 0.228 e. The highest BCUT2D eigenvalue weighted by molar-refractivity contribution is 5.85. The first-order valence-electron chi connectivity index (χ1n) is 7.01. The molecule has 1 aromatic carbocycles. The van der Waals surface area contributed by atoms with Crippen LogP contribution in [0, 0.1) is 0 Å². The molecule has 6 nitrogen and oxygen atoms in total. The van der Waals surface area contributed by atoms with Gasteiger partial charge in [-0.1, -0.05) is 30.3 Å². The summed E-state index contributed by atoms with van der Waals surface area (Å²) in [5, 5.41) is 0. The normalized spacial score (nSPS) is 10.7. The van der Waals surface area contributed by atoms with Crippen LogP contribution in [0.5, 0.6) is 0 Å². The fraction of sp³-hybridized carbons (Fsp3) is 0.250. The minimum absolute atomic E-state index is 0.599. The Bertz CT molecular complexity index is 798. The number of aromatic nitrogens is 4. The fourth-order valence-corrected chi connectivity index (χ4v) is 2.14. The SMILES string of the molecule is CN(C)c1nc(N(C)C)c2nc(-c3ccccc3)cnc2n1. The van der Waals surface area contributed by atoms with Gasteiger partial charge in [0.15, 0.2) is 17.0 Å². The lowest BCUT2D eigenvalue weighted by molar-refractivity contribution is 0.975. The van der Waals surface area contributed by atoms with E-state index in [1.165, 1.54) is 0 Å². The van der Waals surface area contributed by atoms with Crippen molar-refractivity contribution in [2.75, 3.05) is 38.0 Å². The van der Waals surface area contributed by atoms with E-state index in [9.17, 15) is 0 Å². The molecule has 22 heavy (non-hydrogen) atoms. The van der Waals surface area contributed by atoms with E-state index >= 15 is 0 Å². The first kappa shape index (κ1) is 14.2. The van der Waals surface area contributed by atoms with E-state index in [4.69, 9.17) is 4.98 Å². The first-order chi connectivity index (χ1) is 10.6. The van der Waals surface area contributed by atoms with E-state index in [-0.39, 0.29) is 0 Å². The lowest BCUT2D eigenvalue weighted by atomic mass is 10.2. The number of hydrogen-bond donors (Lipinski definition) is 0. The Labute approximate surface area is 129 Å². The number of anilines is 2. The van der Waals surface area contributed by atoms with Crippen molar-refractivity contribution in [2.24, 2.45) is 0 Å². The monoisotopic (exact) mass is 294 g/mol. The Morgan fingerprint density at radius 3 is 2.18 bits per heavy atom. The average molecular weight is 294 g/mol. The van der Waals surface area contributed by atoms with Crippen molar-refractivity contribution in [1.82, 2.24) is 19.9 Å². The van der Waals surface area contributed by atoms with Gasteiger partial charge in [-0.05, 0) is 0 Å². The van der Waals surface area contributed by atoms with Crippen LogP contribution in [0.3, 0.4) is 0 Å². The van der Waals surface area contributed by atoms with E-state index < -0.39 is 0 Å². The van der Waals surface area contributed by atoms with Crippen LogP contribution in [0.4, 0.5) is 11.8 Å². The molecule has 112 valence electrons. The summed E-state index contributed by atoms with van der Waals surface area (Å²) in [6.45, 7) is 0. The lowest BCUT2D eigenvalue weighted by Gasteiger charge is -2.17. The van der Waals surface area contributed by atoms with Gasteiger partial charge in [-0.15, -0.1) is 0 Å². The lowest BCUT2D eigenvalue weighted by Crippen LogP contribution is -2.18. The quantitative estimate of drug-likeness (QED) is 0.738. The molecule has 0 aliphatic carbocycles. The second kappa shape index (κ2) is 5.55. The molecule has 0 fully saturated rings. The second-order valence-electron chi connectivity index (χ2n) is 5.43. The topological polar surface area (TPSA) is 58.0 Å². The van der Waals surface area contributed by atoms with Gasteiger partial charge in [-0.25, -0.2) is 9.97 Å². The summed E-state index contributed by atoms with van der Waals surface area (Å²) in [5.41, 5.74) is 3.15. The zero-order chi connectivity index (χ0) is 15.7. The van der Waals surface area contributed by atoms with Crippen molar-refractivity contribution >= 4 is 22.9 Å². The molecule has 0 bridgehead atoms. The third-order valence-electron chi connectivity index (χ3n) is 3.27. The molecule has 0 saturated carbocycles. The van der Waals surface area contributed by atoms with Gasteiger partial charge in [-0.3, -0.25) is 0 Å². The van der Waals surface area contributed by atoms with Crippen molar-refractivity contribution in [2.45, 2.75) is 0 Å². The molecular weight excluding hydrogens is 276 g/mol. The van der Waals surface area contributed by atoms with E-state index in [0.29, 0.717) is 17.1 Å².